The molecule has 2 heterocycles. The van der Waals surface area contributed by atoms with Gasteiger partial charge in [-0.1, -0.05) is 12.1 Å². The molecule has 0 spiro atoms. The summed E-state index contributed by atoms with van der Waals surface area (Å²) < 4.78 is 18.9. The number of carbonyl (C=O) groups excluding carboxylic acids is 1. The van der Waals surface area contributed by atoms with Gasteiger partial charge in [0.1, 0.15) is 12.4 Å². The first kappa shape index (κ1) is 15.3. The number of carbonyl (C=O) groups is 1. The second kappa shape index (κ2) is 7.09. The highest BCUT2D eigenvalue weighted by Crippen LogP contribution is 2.21. The van der Waals surface area contributed by atoms with E-state index < -0.39 is 11.9 Å². The second-order valence-corrected chi connectivity index (χ2v) is 6.37. The van der Waals surface area contributed by atoms with Crippen LogP contribution in [0.1, 0.15) is 32.1 Å². The topological polar surface area (TPSA) is 42.8 Å². The van der Waals surface area contributed by atoms with E-state index in [0.717, 1.165) is 6.42 Å². The number of benzene rings is 1. The van der Waals surface area contributed by atoms with Crippen LogP contribution < -0.4 is 10.2 Å². The highest BCUT2D eigenvalue weighted by molar-refractivity contribution is 5.84. The van der Waals surface area contributed by atoms with Crippen molar-refractivity contribution in [2.75, 3.05) is 25.0 Å². The molecule has 2 aliphatic rings. The van der Waals surface area contributed by atoms with Gasteiger partial charge in [0.05, 0.1) is 24.8 Å². The van der Waals surface area contributed by atoms with Crippen molar-refractivity contribution in [3.8, 4) is 0 Å². The third-order valence-electron chi connectivity index (χ3n) is 4.97. The molecule has 1 unspecified atom stereocenters. The minimum Gasteiger partial charge on any atom is -0.449 e. The van der Waals surface area contributed by atoms with E-state index in [1.165, 1.54) is 50.9 Å². The molecule has 0 aromatic heterocycles. The summed E-state index contributed by atoms with van der Waals surface area (Å²) in [6.07, 6.45) is 5.60. The zero-order valence-electron chi connectivity index (χ0n) is 12.8. The van der Waals surface area contributed by atoms with E-state index in [4.69, 9.17) is 4.74 Å². The van der Waals surface area contributed by atoms with Gasteiger partial charge in [-0.25, -0.2) is 9.18 Å². The van der Waals surface area contributed by atoms with Crippen LogP contribution in [0.3, 0.4) is 0 Å². The van der Waals surface area contributed by atoms with Gasteiger partial charge in [-0.05, 0) is 44.2 Å². The van der Waals surface area contributed by atoms with Crippen LogP contribution in [0.4, 0.5) is 14.9 Å². The Kier molecular flexibility index (Phi) is 4.93. The van der Waals surface area contributed by atoms with Crippen molar-refractivity contribution < 1.29 is 18.8 Å². The van der Waals surface area contributed by atoms with E-state index in [0.29, 0.717) is 18.6 Å². The van der Waals surface area contributed by atoms with Crippen molar-refractivity contribution in [3.63, 3.8) is 0 Å². The lowest BCUT2D eigenvalue weighted by molar-refractivity contribution is -0.940. The van der Waals surface area contributed by atoms with Gasteiger partial charge in [0.2, 0.25) is 0 Å². The molecule has 0 bridgehead atoms. The highest BCUT2D eigenvalue weighted by Gasteiger charge is 2.37. The summed E-state index contributed by atoms with van der Waals surface area (Å²) in [7, 11) is 0. The fourth-order valence-corrected chi connectivity index (χ4v) is 3.87. The first-order chi connectivity index (χ1) is 10.7. The van der Waals surface area contributed by atoms with Gasteiger partial charge >= 0.3 is 6.09 Å². The number of nitrogens with one attached hydrogen (secondary N) is 2. The Balaban J connectivity index is 1.51. The van der Waals surface area contributed by atoms with Crippen molar-refractivity contribution >= 4 is 11.8 Å². The van der Waals surface area contributed by atoms with Crippen molar-refractivity contribution in [2.45, 2.75) is 38.1 Å². The molecule has 2 fully saturated rings. The molecule has 4 nitrogen and oxygen atoms in total. The molecule has 120 valence electrons. The standard InChI is InChI=1S/C17H23FN2O2/c18-14-7-1-2-8-15(14)19-17(21)22-12-13-6-5-11-20-10-4-3-9-16(13)20/h1-2,7-8,13,16H,3-6,9-12H2,(H,19,21)/p+1/t13-,16-/m0/s1. The van der Waals surface area contributed by atoms with Crippen LogP contribution in [0.25, 0.3) is 0 Å². The van der Waals surface area contributed by atoms with E-state index >= 15 is 0 Å². The molecule has 0 aliphatic carbocycles. The Morgan fingerprint density at radius 2 is 2.05 bits per heavy atom. The summed E-state index contributed by atoms with van der Waals surface area (Å²) in [5.41, 5.74) is 0.168. The molecule has 2 N–H and O–H groups in total. The van der Waals surface area contributed by atoms with Crippen LogP contribution >= 0.6 is 0 Å². The first-order valence-corrected chi connectivity index (χ1v) is 8.27. The van der Waals surface area contributed by atoms with Crippen LogP contribution in [0.5, 0.6) is 0 Å². The molecule has 0 saturated carbocycles. The fourth-order valence-electron chi connectivity index (χ4n) is 3.87. The van der Waals surface area contributed by atoms with Gasteiger partial charge in [0.25, 0.3) is 0 Å². The summed E-state index contributed by atoms with van der Waals surface area (Å²) in [6.45, 7) is 2.94. The van der Waals surface area contributed by atoms with Crippen LogP contribution in [-0.2, 0) is 4.74 Å². The quantitative estimate of drug-likeness (QED) is 0.899. The number of halogens is 1. The van der Waals surface area contributed by atoms with E-state index in [-0.39, 0.29) is 5.69 Å². The van der Waals surface area contributed by atoms with Gasteiger partial charge in [-0.3, -0.25) is 5.32 Å². The SMILES string of the molecule is O=C(Nc1ccccc1F)OC[C@@H]1CCC[NH+]2CCCC[C@@H]12. The average Bonchev–Trinajstić information content (AvgIpc) is 2.55. The van der Waals surface area contributed by atoms with Gasteiger partial charge in [-0.2, -0.15) is 0 Å². The largest absolute Gasteiger partial charge is 0.449 e. The smallest absolute Gasteiger partial charge is 0.411 e. The Morgan fingerprint density at radius 3 is 2.91 bits per heavy atom. The zero-order valence-corrected chi connectivity index (χ0v) is 12.8. The molecule has 2 aliphatic heterocycles. The maximum absolute atomic E-state index is 13.5. The van der Waals surface area contributed by atoms with Crippen molar-refractivity contribution in [1.29, 1.82) is 0 Å². The van der Waals surface area contributed by atoms with Gasteiger partial charge in [0.15, 0.2) is 0 Å². The predicted molar refractivity (Wildman–Crippen MR) is 82.4 cm³/mol. The zero-order chi connectivity index (χ0) is 15.4. The lowest BCUT2D eigenvalue weighted by Gasteiger charge is -2.40. The number of quaternary nitrogens is 1. The lowest BCUT2D eigenvalue weighted by atomic mass is 9.84. The molecule has 3 rings (SSSR count). The number of para-hydroxylation sites is 1. The number of rotatable bonds is 3. The maximum atomic E-state index is 13.5. The molecule has 1 amide bonds. The maximum Gasteiger partial charge on any atom is 0.411 e. The molecule has 22 heavy (non-hydrogen) atoms. The lowest BCUT2D eigenvalue weighted by Crippen LogP contribution is -3.18. The third-order valence-corrected chi connectivity index (χ3v) is 4.97. The Labute approximate surface area is 130 Å². The first-order valence-electron chi connectivity index (χ1n) is 8.27. The fraction of sp³-hybridized carbons (Fsp3) is 0.588. The molecular weight excluding hydrogens is 283 g/mol. The third kappa shape index (κ3) is 3.58. The van der Waals surface area contributed by atoms with E-state index in [2.05, 4.69) is 5.32 Å². The van der Waals surface area contributed by atoms with Crippen molar-refractivity contribution in [3.05, 3.63) is 30.1 Å². The monoisotopic (exact) mass is 307 g/mol. The number of anilines is 1. The van der Waals surface area contributed by atoms with Gasteiger partial charge < -0.3 is 9.64 Å². The minimum absolute atomic E-state index is 0.168. The summed E-state index contributed by atoms with van der Waals surface area (Å²) >= 11 is 0. The number of hydrogen-bond acceptors (Lipinski definition) is 2. The molecular formula is C17H24FN2O2+. The summed E-state index contributed by atoms with van der Waals surface area (Å²) in [5.74, 6) is -0.00423. The molecule has 2 saturated heterocycles. The predicted octanol–water partition coefficient (Wildman–Crippen LogP) is 2.22. The van der Waals surface area contributed by atoms with Crippen molar-refractivity contribution in [1.82, 2.24) is 0 Å². The van der Waals surface area contributed by atoms with Gasteiger partial charge in [-0.15, -0.1) is 0 Å². The molecule has 0 radical (unpaired) electrons. The molecule has 1 aromatic rings. The summed E-state index contributed by atoms with van der Waals surface area (Å²) in [4.78, 5) is 13.5. The Morgan fingerprint density at radius 1 is 1.23 bits per heavy atom. The van der Waals surface area contributed by atoms with Crippen LogP contribution in [0.15, 0.2) is 24.3 Å². The molecule has 1 aromatic carbocycles. The van der Waals surface area contributed by atoms with Crippen LogP contribution in [0, 0.1) is 11.7 Å². The number of hydrogen-bond donors (Lipinski definition) is 2. The summed E-state index contributed by atoms with van der Waals surface area (Å²) in [5, 5.41) is 2.48. The Bertz CT molecular complexity index is 521. The van der Waals surface area contributed by atoms with Crippen LogP contribution in [-0.4, -0.2) is 31.8 Å². The normalized spacial score (nSPS) is 27.8. The number of ether oxygens (including phenoxy) is 1. The van der Waals surface area contributed by atoms with Crippen molar-refractivity contribution in [2.24, 2.45) is 5.92 Å². The average molecular weight is 307 g/mol. The number of amides is 1. The van der Waals surface area contributed by atoms with Gasteiger partial charge in [0, 0.05) is 5.92 Å². The summed E-state index contributed by atoms with van der Waals surface area (Å²) in [6, 6.07) is 6.76. The van der Waals surface area contributed by atoms with E-state index in [9.17, 15) is 9.18 Å². The van der Waals surface area contributed by atoms with Crippen LogP contribution in [0.2, 0.25) is 0 Å². The minimum atomic E-state index is -0.562. The number of fused-ring (bicyclic) bond motifs is 1. The number of piperidine rings is 2. The van der Waals surface area contributed by atoms with E-state index in [1.54, 1.807) is 17.0 Å². The van der Waals surface area contributed by atoms with E-state index in [1.807, 2.05) is 0 Å². The molecule has 5 heteroatoms. The highest BCUT2D eigenvalue weighted by atomic mass is 19.1. The second-order valence-electron chi connectivity index (χ2n) is 6.37. The molecule has 3 atom stereocenters. The Hall–Kier alpha value is -1.62.